The van der Waals surface area contributed by atoms with Gasteiger partial charge in [0.15, 0.2) is 0 Å². The molecule has 1 atom stereocenters. The van der Waals surface area contributed by atoms with Crippen molar-refractivity contribution in [3.63, 3.8) is 0 Å². The highest BCUT2D eigenvalue weighted by Gasteiger charge is 2.22. The molecule has 0 spiro atoms. The number of nitrogens with one attached hydrogen (secondary N) is 2. The Labute approximate surface area is 144 Å². The van der Waals surface area contributed by atoms with Gasteiger partial charge >= 0.3 is 0 Å². The van der Waals surface area contributed by atoms with Crippen molar-refractivity contribution in [2.24, 2.45) is 5.73 Å². The molecular formula is C17H19N5OS. The van der Waals surface area contributed by atoms with E-state index in [0.29, 0.717) is 6.54 Å². The van der Waals surface area contributed by atoms with Gasteiger partial charge in [-0.15, -0.1) is 11.3 Å². The lowest BCUT2D eigenvalue weighted by Crippen LogP contribution is -2.34. The molecule has 0 radical (unpaired) electrons. The Hall–Kier alpha value is -2.51. The molecule has 0 aliphatic heterocycles. The minimum absolute atomic E-state index is 0.227. The van der Waals surface area contributed by atoms with Crippen LogP contribution in [0, 0.1) is 13.8 Å². The first-order chi connectivity index (χ1) is 11.6. The van der Waals surface area contributed by atoms with E-state index in [4.69, 9.17) is 5.73 Å². The van der Waals surface area contributed by atoms with E-state index in [2.05, 4.69) is 20.5 Å². The third-order valence-corrected chi connectivity index (χ3v) is 4.72. The topological polar surface area (TPSA) is 96.7 Å². The zero-order valence-corrected chi connectivity index (χ0v) is 14.4. The van der Waals surface area contributed by atoms with E-state index >= 15 is 0 Å². The molecule has 3 rings (SSSR count). The van der Waals surface area contributed by atoms with Crippen LogP contribution in [0.15, 0.2) is 35.8 Å². The molecule has 1 aromatic carbocycles. The van der Waals surface area contributed by atoms with Gasteiger partial charge in [-0.2, -0.15) is 5.10 Å². The molecule has 124 valence electrons. The number of carbonyl (C=O) groups excluding carboxylic acids is 1. The van der Waals surface area contributed by atoms with Gasteiger partial charge in [-0.3, -0.25) is 9.89 Å². The number of nitrogens with zero attached hydrogens (tertiary/aromatic N) is 2. The molecule has 0 saturated carbocycles. The van der Waals surface area contributed by atoms with Crippen molar-refractivity contribution in [3.05, 3.63) is 57.7 Å². The maximum atomic E-state index is 12.4. The summed E-state index contributed by atoms with van der Waals surface area (Å²) < 4.78 is 0. The van der Waals surface area contributed by atoms with Gasteiger partial charge in [0.1, 0.15) is 6.04 Å². The summed E-state index contributed by atoms with van der Waals surface area (Å²) in [5.41, 5.74) is 12.1. The summed E-state index contributed by atoms with van der Waals surface area (Å²) in [4.78, 5) is 17.8. The third-order valence-electron chi connectivity index (χ3n) is 3.89. The number of rotatable bonds is 5. The van der Waals surface area contributed by atoms with Crippen molar-refractivity contribution in [1.29, 1.82) is 0 Å². The number of aromatic nitrogens is 3. The van der Waals surface area contributed by atoms with E-state index < -0.39 is 6.04 Å². The first-order valence-electron chi connectivity index (χ1n) is 7.60. The van der Waals surface area contributed by atoms with Gasteiger partial charge in [-0.25, -0.2) is 4.98 Å². The number of hydrogen-bond donors (Lipinski definition) is 3. The second kappa shape index (κ2) is 6.94. The van der Waals surface area contributed by atoms with E-state index in [0.717, 1.165) is 33.1 Å². The largest absolute Gasteiger partial charge is 0.349 e. The maximum Gasteiger partial charge on any atom is 0.241 e. The van der Waals surface area contributed by atoms with E-state index in [9.17, 15) is 4.79 Å². The summed E-state index contributed by atoms with van der Waals surface area (Å²) >= 11 is 1.52. The molecule has 3 aromatic rings. The van der Waals surface area contributed by atoms with Gasteiger partial charge in [0.05, 0.1) is 28.3 Å². The summed E-state index contributed by atoms with van der Waals surface area (Å²) in [6.45, 7) is 4.10. The number of carbonyl (C=O) groups is 1. The molecular weight excluding hydrogens is 322 g/mol. The minimum Gasteiger partial charge on any atom is -0.349 e. The van der Waals surface area contributed by atoms with Gasteiger partial charge in [-0.1, -0.05) is 30.3 Å². The molecule has 0 unspecified atom stereocenters. The summed E-state index contributed by atoms with van der Waals surface area (Å²) in [6.07, 6.45) is 0. The van der Waals surface area contributed by atoms with Crippen molar-refractivity contribution >= 4 is 17.2 Å². The number of thiazole rings is 1. The van der Waals surface area contributed by atoms with Crippen LogP contribution in [0.1, 0.15) is 27.9 Å². The van der Waals surface area contributed by atoms with Crippen LogP contribution in [0.5, 0.6) is 0 Å². The second-order valence-corrected chi connectivity index (χ2v) is 6.47. The van der Waals surface area contributed by atoms with Crippen LogP contribution < -0.4 is 11.1 Å². The Balaban J connectivity index is 1.71. The van der Waals surface area contributed by atoms with E-state index in [1.54, 1.807) is 5.51 Å². The number of hydrogen-bond acceptors (Lipinski definition) is 5. The van der Waals surface area contributed by atoms with Gasteiger partial charge < -0.3 is 11.1 Å². The predicted molar refractivity (Wildman–Crippen MR) is 94.4 cm³/mol. The van der Waals surface area contributed by atoms with Crippen molar-refractivity contribution in [2.75, 3.05) is 0 Å². The highest BCUT2D eigenvalue weighted by atomic mass is 32.1. The molecule has 2 aromatic heterocycles. The van der Waals surface area contributed by atoms with Crippen LogP contribution in [-0.2, 0) is 11.3 Å². The number of aromatic amines is 1. The van der Waals surface area contributed by atoms with E-state index in [1.807, 2.05) is 44.2 Å². The number of benzene rings is 1. The number of nitrogens with two attached hydrogens (primary N) is 1. The SMILES string of the molecule is Cc1n[nH]c(C)c1[C@H](N)C(=O)NCc1scnc1-c1ccccc1. The van der Waals surface area contributed by atoms with Crippen LogP contribution in [0.2, 0.25) is 0 Å². The average Bonchev–Trinajstić information content (AvgIpc) is 3.19. The normalized spacial score (nSPS) is 12.1. The lowest BCUT2D eigenvalue weighted by atomic mass is 10.1. The van der Waals surface area contributed by atoms with Gasteiger partial charge in [-0.05, 0) is 13.8 Å². The molecule has 0 aliphatic carbocycles. The fraction of sp³-hybridized carbons (Fsp3) is 0.235. The zero-order valence-electron chi connectivity index (χ0n) is 13.5. The van der Waals surface area contributed by atoms with E-state index in [1.165, 1.54) is 11.3 Å². The minimum atomic E-state index is -0.739. The fourth-order valence-electron chi connectivity index (χ4n) is 2.65. The average molecular weight is 341 g/mol. The van der Waals surface area contributed by atoms with Crippen molar-refractivity contribution in [3.8, 4) is 11.3 Å². The summed E-state index contributed by atoms with van der Waals surface area (Å²) in [5, 5.41) is 9.85. The van der Waals surface area contributed by atoms with Gasteiger partial charge in [0.25, 0.3) is 0 Å². The van der Waals surface area contributed by atoms with E-state index in [-0.39, 0.29) is 5.91 Å². The molecule has 6 nitrogen and oxygen atoms in total. The smallest absolute Gasteiger partial charge is 0.241 e. The number of amides is 1. The lowest BCUT2D eigenvalue weighted by molar-refractivity contribution is -0.122. The predicted octanol–water partition coefficient (Wildman–Crippen LogP) is 2.47. The monoisotopic (exact) mass is 341 g/mol. The van der Waals surface area contributed by atoms with Crippen molar-refractivity contribution < 1.29 is 4.79 Å². The van der Waals surface area contributed by atoms with Crippen LogP contribution in [0.3, 0.4) is 0 Å². The molecule has 4 N–H and O–H groups in total. The number of H-pyrrole nitrogens is 1. The quantitative estimate of drug-likeness (QED) is 0.664. The fourth-order valence-corrected chi connectivity index (χ4v) is 3.38. The highest BCUT2D eigenvalue weighted by molar-refractivity contribution is 7.10. The summed E-state index contributed by atoms with van der Waals surface area (Å²) in [6, 6.07) is 9.17. The summed E-state index contributed by atoms with van der Waals surface area (Å²) in [7, 11) is 0. The molecule has 0 saturated heterocycles. The van der Waals surface area contributed by atoms with Crippen molar-refractivity contribution in [1.82, 2.24) is 20.5 Å². The molecule has 24 heavy (non-hydrogen) atoms. The lowest BCUT2D eigenvalue weighted by Gasteiger charge is -2.13. The molecule has 0 bridgehead atoms. The molecule has 0 aliphatic rings. The second-order valence-electron chi connectivity index (χ2n) is 5.53. The Bertz CT molecular complexity index is 820. The Kier molecular flexibility index (Phi) is 4.73. The molecule has 7 heteroatoms. The van der Waals surface area contributed by atoms with Gasteiger partial charge in [0, 0.05) is 16.8 Å². The Morgan fingerprint density at radius 2 is 2.08 bits per heavy atom. The number of aryl methyl sites for hydroxylation is 2. The van der Waals surface area contributed by atoms with Crippen LogP contribution in [-0.4, -0.2) is 21.1 Å². The molecule has 2 heterocycles. The highest BCUT2D eigenvalue weighted by Crippen LogP contribution is 2.25. The van der Waals surface area contributed by atoms with Crippen LogP contribution >= 0.6 is 11.3 Å². The first-order valence-corrected chi connectivity index (χ1v) is 8.48. The molecule has 1 amide bonds. The zero-order chi connectivity index (χ0) is 17.1. The Morgan fingerprint density at radius 1 is 1.33 bits per heavy atom. The van der Waals surface area contributed by atoms with Gasteiger partial charge in [0.2, 0.25) is 5.91 Å². The Morgan fingerprint density at radius 3 is 2.75 bits per heavy atom. The summed E-state index contributed by atoms with van der Waals surface area (Å²) in [5.74, 6) is -0.227. The first kappa shape index (κ1) is 16.4. The molecule has 0 fully saturated rings. The maximum absolute atomic E-state index is 12.4. The standard InChI is InChI=1S/C17H19N5OS/c1-10-14(11(2)22-21-10)15(18)17(23)19-8-13-16(20-9-24-13)12-6-4-3-5-7-12/h3-7,9,15H,8,18H2,1-2H3,(H,19,23)(H,21,22)/t15-/m0/s1. The van der Waals surface area contributed by atoms with Crippen LogP contribution in [0.25, 0.3) is 11.3 Å². The van der Waals surface area contributed by atoms with Crippen LogP contribution in [0.4, 0.5) is 0 Å². The van der Waals surface area contributed by atoms with Crippen molar-refractivity contribution in [2.45, 2.75) is 26.4 Å². The third kappa shape index (κ3) is 3.22.